The van der Waals surface area contributed by atoms with Gasteiger partial charge in [-0.1, -0.05) is 109 Å². The van der Waals surface area contributed by atoms with Gasteiger partial charge in [-0.05, 0) is 77.5 Å². The Morgan fingerprint density at radius 1 is 0.548 bits per heavy atom. The van der Waals surface area contributed by atoms with Gasteiger partial charge in [-0.25, -0.2) is 0 Å². The van der Waals surface area contributed by atoms with Gasteiger partial charge in [-0.3, -0.25) is 0 Å². The summed E-state index contributed by atoms with van der Waals surface area (Å²) in [4.78, 5) is 0. The van der Waals surface area contributed by atoms with Gasteiger partial charge in [0.15, 0.2) is 0 Å². The molecular weight excluding hydrogens is 372 g/mol. The Morgan fingerprint density at radius 3 is 1.77 bits per heavy atom. The molecule has 0 fully saturated rings. The predicted octanol–water partition coefficient (Wildman–Crippen LogP) is 9.64. The third kappa shape index (κ3) is 6.47. The molecule has 2 aromatic carbocycles. The molecule has 169 valence electrons. The molecule has 0 spiro atoms. The normalized spacial score (nSPS) is 12.2. The molecule has 1 aliphatic rings. The molecule has 0 saturated carbocycles. The molecule has 0 aromatic heterocycles. The summed E-state index contributed by atoms with van der Waals surface area (Å²) in [7, 11) is 0. The van der Waals surface area contributed by atoms with E-state index < -0.39 is 0 Å². The van der Waals surface area contributed by atoms with Crippen LogP contribution in [0.1, 0.15) is 126 Å². The number of hydrogen-bond acceptors (Lipinski definition) is 0. The largest absolute Gasteiger partial charge is 0.0654 e. The second kappa shape index (κ2) is 13.1. The highest BCUT2D eigenvalue weighted by atomic mass is 14.3. The maximum atomic E-state index is 2.59. The summed E-state index contributed by atoms with van der Waals surface area (Å²) in [5.41, 5.74) is 11.1. The van der Waals surface area contributed by atoms with Crippen molar-refractivity contribution in [1.29, 1.82) is 0 Å². The van der Waals surface area contributed by atoms with E-state index in [9.17, 15) is 0 Å². The van der Waals surface area contributed by atoms with E-state index >= 15 is 0 Å². The van der Waals surface area contributed by atoms with Gasteiger partial charge in [0.05, 0.1) is 0 Å². The first-order valence-corrected chi connectivity index (χ1v) is 13.4. The summed E-state index contributed by atoms with van der Waals surface area (Å²) in [6, 6.07) is 11.6. The molecule has 0 nitrogen and oxygen atoms in total. The minimum atomic E-state index is 1.26. The summed E-state index contributed by atoms with van der Waals surface area (Å²) in [5.74, 6) is 0. The van der Waals surface area contributed by atoms with Crippen molar-refractivity contribution >= 4 is 0 Å². The maximum Gasteiger partial charge on any atom is 0.0214 e. The van der Waals surface area contributed by atoms with E-state index in [0.29, 0.717) is 0 Å². The lowest BCUT2D eigenvalue weighted by atomic mass is 9.84. The Bertz CT molecular complexity index is 798. The van der Waals surface area contributed by atoms with Crippen molar-refractivity contribution in [2.75, 3.05) is 0 Å². The molecule has 0 N–H and O–H groups in total. The first-order chi connectivity index (χ1) is 15.3. The first-order valence-electron chi connectivity index (χ1n) is 13.4. The molecule has 2 aromatic rings. The van der Waals surface area contributed by atoms with Gasteiger partial charge in [0.1, 0.15) is 0 Å². The van der Waals surface area contributed by atoms with Gasteiger partial charge in [0.2, 0.25) is 0 Å². The van der Waals surface area contributed by atoms with Gasteiger partial charge >= 0.3 is 0 Å². The number of fused-ring (bicyclic) bond motifs is 3. The van der Waals surface area contributed by atoms with Crippen molar-refractivity contribution in [2.45, 2.75) is 117 Å². The number of unbranched alkanes of at least 4 members (excludes halogenated alkanes) is 9. The average Bonchev–Trinajstić information content (AvgIpc) is 3.16. The highest BCUT2D eigenvalue weighted by Gasteiger charge is 2.25. The maximum absolute atomic E-state index is 2.59. The van der Waals surface area contributed by atoms with Gasteiger partial charge in [0, 0.05) is 6.42 Å². The third-order valence-electron chi connectivity index (χ3n) is 7.10. The minimum absolute atomic E-state index is 1.26. The van der Waals surface area contributed by atoms with Crippen molar-refractivity contribution in [3.8, 4) is 11.1 Å². The second-order valence-electron chi connectivity index (χ2n) is 9.62. The predicted molar refractivity (Wildman–Crippen MR) is 138 cm³/mol. The molecule has 0 atom stereocenters. The summed E-state index contributed by atoms with van der Waals surface area (Å²) >= 11 is 0. The van der Waals surface area contributed by atoms with E-state index in [1.54, 1.807) is 22.3 Å². The smallest absolute Gasteiger partial charge is 0.0214 e. The van der Waals surface area contributed by atoms with E-state index in [0.717, 1.165) is 0 Å². The average molecular weight is 418 g/mol. The minimum Gasteiger partial charge on any atom is -0.0654 e. The summed E-state index contributed by atoms with van der Waals surface area (Å²) in [6.07, 6.45) is 22.5. The SMILES string of the molecule is CCCCCCc1cc2c(c(CCCCCC)c1CCCCCC)[CH]c1ccccc1-2. The van der Waals surface area contributed by atoms with Crippen LogP contribution in [0.2, 0.25) is 0 Å². The summed E-state index contributed by atoms with van der Waals surface area (Å²) in [5, 5.41) is 0. The highest BCUT2D eigenvalue weighted by Crippen LogP contribution is 2.43. The standard InChI is InChI=1S/C31H45/c1-4-7-10-13-18-25-23-30-28-21-17-16-19-26(28)24-31(30)29(22-15-12-9-6-3)27(25)20-14-11-8-5-2/h16-17,19,21,23-24H,4-15,18,20,22H2,1-3H3. The Kier molecular flexibility index (Phi) is 10.2. The lowest BCUT2D eigenvalue weighted by Gasteiger charge is -2.20. The van der Waals surface area contributed by atoms with E-state index in [-0.39, 0.29) is 0 Å². The van der Waals surface area contributed by atoms with Gasteiger partial charge in [-0.2, -0.15) is 0 Å². The lowest BCUT2D eigenvalue weighted by Crippen LogP contribution is -2.06. The van der Waals surface area contributed by atoms with E-state index in [1.165, 1.54) is 113 Å². The number of hydrogen-bond donors (Lipinski definition) is 0. The Balaban J connectivity index is 1.94. The molecule has 0 bridgehead atoms. The molecule has 0 saturated heterocycles. The summed E-state index contributed by atoms with van der Waals surface area (Å²) < 4.78 is 0. The second-order valence-corrected chi connectivity index (χ2v) is 9.62. The molecule has 0 heteroatoms. The number of aryl methyl sites for hydroxylation is 1. The fraction of sp³-hybridized carbons (Fsp3) is 0.581. The van der Waals surface area contributed by atoms with Crippen LogP contribution in [0.15, 0.2) is 30.3 Å². The third-order valence-corrected chi connectivity index (χ3v) is 7.10. The molecular formula is C31H45. The van der Waals surface area contributed by atoms with Crippen LogP contribution in [-0.2, 0) is 19.3 Å². The topological polar surface area (TPSA) is 0 Å². The molecule has 0 amide bonds. The molecule has 0 heterocycles. The quantitative estimate of drug-likeness (QED) is 0.216. The molecule has 0 aliphatic heterocycles. The molecule has 1 radical (unpaired) electrons. The lowest BCUT2D eigenvalue weighted by molar-refractivity contribution is 0.639. The van der Waals surface area contributed by atoms with Crippen molar-refractivity contribution in [2.24, 2.45) is 0 Å². The summed E-state index contributed by atoms with van der Waals surface area (Å²) in [6.45, 7) is 6.95. The van der Waals surface area contributed by atoms with Crippen LogP contribution in [0.25, 0.3) is 11.1 Å². The van der Waals surface area contributed by atoms with Crippen LogP contribution >= 0.6 is 0 Å². The molecule has 0 unspecified atom stereocenters. The van der Waals surface area contributed by atoms with Crippen LogP contribution in [0.4, 0.5) is 0 Å². The molecule has 1 aliphatic carbocycles. The van der Waals surface area contributed by atoms with Gasteiger partial charge < -0.3 is 0 Å². The Morgan fingerprint density at radius 2 is 1.13 bits per heavy atom. The molecule has 31 heavy (non-hydrogen) atoms. The fourth-order valence-electron chi connectivity index (χ4n) is 5.29. The van der Waals surface area contributed by atoms with Crippen LogP contribution in [-0.4, -0.2) is 0 Å². The van der Waals surface area contributed by atoms with Gasteiger partial charge in [-0.15, -0.1) is 0 Å². The van der Waals surface area contributed by atoms with Crippen LogP contribution in [0.3, 0.4) is 0 Å². The Hall–Kier alpha value is -1.56. The zero-order valence-corrected chi connectivity index (χ0v) is 20.6. The fourth-order valence-corrected chi connectivity index (χ4v) is 5.29. The van der Waals surface area contributed by atoms with Gasteiger partial charge in [0.25, 0.3) is 0 Å². The monoisotopic (exact) mass is 417 g/mol. The van der Waals surface area contributed by atoms with Crippen LogP contribution in [0.5, 0.6) is 0 Å². The Labute approximate surface area is 192 Å². The highest BCUT2D eigenvalue weighted by molar-refractivity contribution is 5.83. The first kappa shape index (κ1) is 24.1. The number of rotatable bonds is 15. The van der Waals surface area contributed by atoms with Crippen molar-refractivity contribution in [3.63, 3.8) is 0 Å². The van der Waals surface area contributed by atoms with Crippen molar-refractivity contribution in [1.82, 2.24) is 0 Å². The van der Waals surface area contributed by atoms with Crippen molar-refractivity contribution < 1.29 is 0 Å². The zero-order valence-electron chi connectivity index (χ0n) is 20.6. The molecule has 3 rings (SSSR count). The van der Waals surface area contributed by atoms with E-state index in [1.807, 2.05) is 0 Å². The van der Waals surface area contributed by atoms with E-state index in [4.69, 9.17) is 0 Å². The van der Waals surface area contributed by atoms with Crippen LogP contribution < -0.4 is 0 Å². The van der Waals surface area contributed by atoms with Crippen molar-refractivity contribution in [3.05, 3.63) is 64.6 Å². The van der Waals surface area contributed by atoms with E-state index in [2.05, 4.69) is 57.5 Å². The zero-order chi connectivity index (χ0) is 21.9. The number of benzene rings is 2. The van der Waals surface area contributed by atoms with Crippen LogP contribution in [0, 0.1) is 6.42 Å².